The highest BCUT2D eigenvalue weighted by molar-refractivity contribution is 6.01. The molecule has 1 saturated carbocycles. The van der Waals surface area contributed by atoms with Gasteiger partial charge >= 0.3 is 18.3 Å². The lowest BCUT2D eigenvalue weighted by Gasteiger charge is -2.32. The summed E-state index contributed by atoms with van der Waals surface area (Å²) in [7, 11) is 0. The average molecular weight is 505 g/mol. The second-order valence-corrected chi connectivity index (χ2v) is 9.14. The van der Waals surface area contributed by atoms with Gasteiger partial charge in [0.15, 0.2) is 5.82 Å². The van der Waals surface area contributed by atoms with Gasteiger partial charge in [-0.15, -0.1) is 5.10 Å². The van der Waals surface area contributed by atoms with Crippen LogP contribution in [0.15, 0.2) is 24.4 Å². The van der Waals surface area contributed by atoms with Gasteiger partial charge in [-0.05, 0) is 63.6 Å². The molecule has 1 amide bonds. The molecule has 1 heterocycles. The van der Waals surface area contributed by atoms with Crippen molar-refractivity contribution in [3.63, 3.8) is 0 Å². The van der Waals surface area contributed by atoms with Crippen molar-refractivity contribution < 1.29 is 41.0 Å². The topological polar surface area (TPSA) is 75.4 Å². The van der Waals surface area contributed by atoms with E-state index < -0.39 is 46.7 Å². The van der Waals surface area contributed by atoms with Crippen molar-refractivity contribution in [3.8, 4) is 5.69 Å². The summed E-state index contributed by atoms with van der Waals surface area (Å²) in [6.45, 7) is 5.31. The minimum atomic E-state index is -5.08. The number of carboxylic acid groups (broad SMARTS) is 1. The highest BCUT2D eigenvalue weighted by atomic mass is 19.4. The van der Waals surface area contributed by atoms with Crippen LogP contribution in [0.1, 0.15) is 67.9 Å². The first-order valence-electron chi connectivity index (χ1n) is 11.1. The number of halogens is 6. The molecule has 35 heavy (non-hydrogen) atoms. The standard InChI is InChI=1S/C23H25F6N3O3/c1-12(2)32(20(33)14-6-4-13(3)5-7-14)19-18(21(34)35)11-31(30-19)17-9-15(22(24,25)26)8-16(10-17)23(27,28)29/h8-14H,4-7H2,1-3H3,(H,34,35)/t13-,14-. The molecule has 0 spiro atoms. The fraction of sp³-hybridized carbons (Fsp3) is 0.522. The Hall–Kier alpha value is -3.05. The summed E-state index contributed by atoms with van der Waals surface area (Å²) in [5, 5.41) is 13.7. The van der Waals surface area contributed by atoms with Gasteiger partial charge in [0.2, 0.25) is 5.91 Å². The summed E-state index contributed by atoms with van der Waals surface area (Å²) >= 11 is 0. The van der Waals surface area contributed by atoms with Crippen LogP contribution in [-0.4, -0.2) is 32.8 Å². The molecule has 0 bridgehead atoms. The molecule has 0 aliphatic heterocycles. The third-order valence-electron chi connectivity index (χ3n) is 6.11. The van der Waals surface area contributed by atoms with Crippen molar-refractivity contribution in [2.24, 2.45) is 11.8 Å². The number of aromatic nitrogens is 2. The van der Waals surface area contributed by atoms with Crippen LogP contribution in [0.25, 0.3) is 5.69 Å². The Morgan fingerprint density at radius 1 is 1.00 bits per heavy atom. The number of aromatic carboxylic acids is 1. The van der Waals surface area contributed by atoms with Gasteiger partial charge in [-0.2, -0.15) is 26.3 Å². The lowest BCUT2D eigenvalue weighted by Crippen LogP contribution is -2.43. The van der Waals surface area contributed by atoms with Crippen LogP contribution in [0, 0.1) is 11.8 Å². The Bertz CT molecular complexity index is 1070. The zero-order chi connectivity index (χ0) is 26.3. The zero-order valence-corrected chi connectivity index (χ0v) is 19.2. The number of alkyl halides is 6. The normalized spacial score (nSPS) is 19.1. The molecule has 192 valence electrons. The van der Waals surface area contributed by atoms with Crippen molar-refractivity contribution in [2.75, 3.05) is 4.90 Å². The Balaban J connectivity index is 2.13. The second-order valence-electron chi connectivity index (χ2n) is 9.14. The Kier molecular flexibility index (Phi) is 7.24. The molecule has 0 atom stereocenters. The van der Waals surface area contributed by atoms with E-state index in [0.29, 0.717) is 35.6 Å². The van der Waals surface area contributed by atoms with Crippen LogP contribution in [0.4, 0.5) is 32.2 Å². The van der Waals surface area contributed by atoms with Crippen LogP contribution in [0.3, 0.4) is 0 Å². The molecule has 1 aromatic heterocycles. The summed E-state index contributed by atoms with van der Waals surface area (Å²) in [5.41, 5.74) is -4.28. The molecule has 3 rings (SSSR count). The first kappa shape index (κ1) is 26.6. The molecule has 0 unspecified atom stereocenters. The minimum Gasteiger partial charge on any atom is -0.477 e. The lowest BCUT2D eigenvalue weighted by molar-refractivity contribution is -0.143. The van der Waals surface area contributed by atoms with Gasteiger partial charge < -0.3 is 5.11 Å². The third-order valence-corrected chi connectivity index (χ3v) is 6.11. The minimum absolute atomic E-state index is 0.0277. The summed E-state index contributed by atoms with van der Waals surface area (Å²) in [6.07, 6.45) is -6.54. The first-order chi connectivity index (χ1) is 16.1. The van der Waals surface area contributed by atoms with E-state index >= 15 is 0 Å². The smallest absolute Gasteiger partial charge is 0.416 e. The number of carboxylic acids is 1. The SMILES string of the molecule is CC(C)N(c1nn(-c2cc(C(F)(F)F)cc(C(F)(F)F)c2)cc1C(=O)O)C(=O)[C@H]1CC[C@H](C)CC1. The summed E-state index contributed by atoms with van der Waals surface area (Å²) in [6, 6.07) is 0.305. The van der Waals surface area contributed by atoms with Crippen LogP contribution in [0.2, 0.25) is 0 Å². The maximum Gasteiger partial charge on any atom is 0.416 e. The molecule has 6 nitrogen and oxygen atoms in total. The van der Waals surface area contributed by atoms with E-state index in [0.717, 1.165) is 19.0 Å². The molecular weight excluding hydrogens is 480 g/mol. The van der Waals surface area contributed by atoms with Gasteiger partial charge in [0.1, 0.15) is 5.56 Å². The van der Waals surface area contributed by atoms with Crippen LogP contribution in [-0.2, 0) is 17.1 Å². The first-order valence-corrected chi connectivity index (χ1v) is 11.1. The Morgan fingerprint density at radius 3 is 1.94 bits per heavy atom. The monoisotopic (exact) mass is 505 g/mol. The van der Waals surface area contributed by atoms with Gasteiger partial charge in [0.25, 0.3) is 0 Å². The number of carbonyl (C=O) groups excluding carboxylic acids is 1. The number of amides is 1. The molecular formula is C23H25F6N3O3. The van der Waals surface area contributed by atoms with Gasteiger partial charge in [0, 0.05) is 18.2 Å². The maximum absolute atomic E-state index is 13.3. The Labute approximate surface area is 197 Å². The molecule has 0 saturated heterocycles. The van der Waals surface area contributed by atoms with E-state index in [1.807, 2.05) is 0 Å². The molecule has 2 aromatic rings. The maximum atomic E-state index is 13.3. The van der Waals surface area contributed by atoms with Crippen LogP contribution < -0.4 is 4.90 Å². The van der Waals surface area contributed by atoms with E-state index in [1.165, 1.54) is 4.90 Å². The molecule has 1 N–H and O–H groups in total. The van der Waals surface area contributed by atoms with Gasteiger partial charge in [-0.1, -0.05) is 6.92 Å². The molecule has 1 aromatic carbocycles. The van der Waals surface area contributed by atoms with Gasteiger partial charge in [-0.25, -0.2) is 9.48 Å². The van der Waals surface area contributed by atoms with Crippen molar-refractivity contribution in [2.45, 2.75) is 64.8 Å². The van der Waals surface area contributed by atoms with Gasteiger partial charge in [0.05, 0.1) is 16.8 Å². The zero-order valence-electron chi connectivity index (χ0n) is 19.2. The Morgan fingerprint density at radius 2 is 1.51 bits per heavy atom. The second kappa shape index (κ2) is 9.54. The number of hydrogen-bond donors (Lipinski definition) is 1. The highest BCUT2D eigenvalue weighted by Gasteiger charge is 2.38. The predicted octanol–water partition coefficient (Wildman–Crippen LogP) is 6.18. The largest absolute Gasteiger partial charge is 0.477 e. The number of benzene rings is 1. The molecule has 1 aliphatic carbocycles. The van der Waals surface area contributed by atoms with Crippen molar-refractivity contribution >= 4 is 17.7 Å². The number of hydrogen-bond acceptors (Lipinski definition) is 3. The number of anilines is 1. The average Bonchev–Trinajstić information content (AvgIpc) is 3.17. The van der Waals surface area contributed by atoms with E-state index in [9.17, 15) is 41.0 Å². The fourth-order valence-electron chi connectivity index (χ4n) is 4.20. The van der Waals surface area contributed by atoms with E-state index in [4.69, 9.17) is 0 Å². The summed E-state index contributed by atoms with van der Waals surface area (Å²) in [4.78, 5) is 26.4. The summed E-state index contributed by atoms with van der Waals surface area (Å²) < 4.78 is 80.4. The quantitative estimate of drug-likeness (QED) is 0.493. The highest BCUT2D eigenvalue weighted by Crippen LogP contribution is 2.38. The third kappa shape index (κ3) is 5.79. The van der Waals surface area contributed by atoms with Gasteiger partial charge in [-0.3, -0.25) is 9.69 Å². The van der Waals surface area contributed by atoms with E-state index in [1.54, 1.807) is 13.8 Å². The van der Waals surface area contributed by atoms with Crippen molar-refractivity contribution in [3.05, 3.63) is 41.1 Å². The van der Waals surface area contributed by atoms with Crippen LogP contribution >= 0.6 is 0 Å². The molecule has 1 fully saturated rings. The molecule has 1 aliphatic rings. The van der Waals surface area contributed by atoms with Crippen molar-refractivity contribution in [1.82, 2.24) is 9.78 Å². The van der Waals surface area contributed by atoms with Crippen molar-refractivity contribution in [1.29, 1.82) is 0 Å². The fourth-order valence-corrected chi connectivity index (χ4v) is 4.20. The van der Waals surface area contributed by atoms with E-state index in [-0.39, 0.29) is 23.7 Å². The predicted molar refractivity (Wildman–Crippen MR) is 114 cm³/mol. The summed E-state index contributed by atoms with van der Waals surface area (Å²) in [5.74, 6) is -2.17. The molecule has 0 radical (unpaired) electrons. The molecule has 12 heteroatoms. The number of nitrogens with zero attached hydrogens (tertiary/aromatic N) is 3. The van der Waals surface area contributed by atoms with Crippen LogP contribution in [0.5, 0.6) is 0 Å². The number of carbonyl (C=O) groups is 2. The number of rotatable bonds is 5. The lowest BCUT2D eigenvalue weighted by atomic mass is 9.82. The van der Waals surface area contributed by atoms with E-state index in [2.05, 4.69) is 12.0 Å².